The normalized spacial score (nSPS) is 10.4. The Labute approximate surface area is 92.4 Å². The number of hydrogen-bond donors (Lipinski definition) is 1. The first-order valence-electron chi connectivity index (χ1n) is 4.77. The smallest absolute Gasteiger partial charge is 0.115 e. The van der Waals surface area contributed by atoms with Crippen LogP contribution in [0, 0.1) is 0 Å². The van der Waals surface area contributed by atoms with E-state index in [2.05, 4.69) is 25.6 Å². The summed E-state index contributed by atoms with van der Waals surface area (Å²) in [5.41, 5.74) is 4.12. The molecule has 0 spiro atoms. The van der Waals surface area contributed by atoms with Gasteiger partial charge in [0, 0.05) is 42.8 Å². The molecule has 4 nitrogen and oxygen atoms in total. The van der Waals surface area contributed by atoms with E-state index in [1.54, 1.807) is 17.7 Å². The maximum Gasteiger partial charge on any atom is 0.115 e. The number of hydrogen-bond acceptors (Lipinski definition) is 5. The number of nitrogens with zero attached hydrogens (tertiary/aromatic N) is 3. The van der Waals surface area contributed by atoms with Crippen LogP contribution in [0.25, 0.3) is 0 Å². The summed E-state index contributed by atoms with van der Waals surface area (Å²) in [6.07, 6.45) is 6.15. The number of rotatable bonds is 5. The van der Waals surface area contributed by atoms with Crippen molar-refractivity contribution in [1.82, 2.24) is 20.3 Å². The van der Waals surface area contributed by atoms with Crippen molar-refractivity contribution in [3.63, 3.8) is 0 Å². The molecule has 0 aromatic carbocycles. The molecule has 78 valence electrons. The lowest BCUT2D eigenvalue weighted by molar-refractivity contribution is 0.677. The van der Waals surface area contributed by atoms with E-state index < -0.39 is 0 Å². The lowest BCUT2D eigenvalue weighted by Crippen LogP contribution is -2.16. The SMILES string of the molecule is c1ncc(CNCCc2cscn2)cn1. The molecular formula is C10H12N4S. The molecule has 1 N–H and O–H groups in total. The summed E-state index contributed by atoms with van der Waals surface area (Å²) in [5.74, 6) is 0. The van der Waals surface area contributed by atoms with Gasteiger partial charge in [-0.2, -0.15) is 0 Å². The topological polar surface area (TPSA) is 50.7 Å². The summed E-state index contributed by atoms with van der Waals surface area (Å²) < 4.78 is 0. The van der Waals surface area contributed by atoms with Crippen LogP contribution in [0.4, 0.5) is 0 Å². The van der Waals surface area contributed by atoms with E-state index in [4.69, 9.17) is 0 Å². The molecule has 2 aromatic heterocycles. The van der Waals surface area contributed by atoms with E-state index in [-0.39, 0.29) is 0 Å². The first-order chi connectivity index (χ1) is 7.45. The molecule has 0 saturated carbocycles. The highest BCUT2D eigenvalue weighted by Crippen LogP contribution is 2.00. The number of aromatic nitrogens is 3. The van der Waals surface area contributed by atoms with Crippen molar-refractivity contribution in [3.8, 4) is 0 Å². The van der Waals surface area contributed by atoms with Crippen LogP contribution in [0.3, 0.4) is 0 Å². The Balaban J connectivity index is 1.68. The van der Waals surface area contributed by atoms with E-state index in [0.29, 0.717) is 0 Å². The molecule has 0 amide bonds. The number of nitrogens with one attached hydrogen (secondary N) is 1. The monoisotopic (exact) mass is 220 g/mol. The van der Waals surface area contributed by atoms with Gasteiger partial charge < -0.3 is 5.32 Å². The van der Waals surface area contributed by atoms with Gasteiger partial charge in [-0.05, 0) is 0 Å². The van der Waals surface area contributed by atoms with Crippen molar-refractivity contribution < 1.29 is 0 Å². The van der Waals surface area contributed by atoms with E-state index in [0.717, 1.165) is 30.8 Å². The fourth-order valence-electron chi connectivity index (χ4n) is 1.23. The van der Waals surface area contributed by atoms with Gasteiger partial charge in [0.2, 0.25) is 0 Å². The maximum atomic E-state index is 4.21. The molecule has 0 aliphatic carbocycles. The minimum atomic E-state index is 0.810. The standard InChI is InChI=1S/C10H12N4S/c1(10-6-15-8-14-10)2-11-3-9-4-12-7-13-5-9/h4-8,11H,1-3H2. The molecule has 0 unspecified atom stereocenters. The molecule has 15 heavy (non-hydrogen) atoms. The summed E-state index contributed by atoms with van der Waals surface area (Å²) in [7, 11) is 0. The molecule has 0 radical (unpaired) electrons. The summed E-state index contributed by atoms with van der Waals surface area (Å²) in [5, 5.41) is 5.40. The zero-order valence-corrected chi connectivity index (χ0v) is 9.07. The zero-order chi connectivity index (χ0) is 10.3. The third-order valence-corrected chi connectivity index (χ3v) is 2.62. The zero-order valence-electron chi connectivity index (χ0n) is 8.26. The van der Waals surface area contributed by atoms with Gasteiger partial charge >= 0.3 is 0 Å². The Kier molecular flexibility index (Phi) is 3.76. The van der Waals surface area contributed by atoms with Crippen LogP contribution in [-0.2, 0) is 13.0 Å². The van der Waals surface area contributed by atoms with Gasteiger partial charge in [-0.1, -0.05) is 0 Å². The van der Waals surface area contributed by atoms with Crippen LogP contribution in [0.2, 0.25) is 0 Å². The van der Waals surface area contributed by atoms with Crippen LogP contribution >= 0.6 is 11.3 Å². The molecule has 0 atom stereocenters. The molecule has 5 heteroatoms. The summed E-state index contributed by atoms with van der Waals surface area (Å²) in [6.45, 7) is 1.74. The van der Waals surface area contributed by atoms with Crippen molar-refractivity contribution in [2.75, 3.05) is 6.54 Å². The van der Waals surface area contributed by atoms with Crippen LogP contribution < -0.4 is 5.32 Å². The first kappa shape index (κ1) is 10.2. The van der Waals surface area contributed by atoms with Crippen LogP contribution in [0.15, 0.2) is 29.6 Å². The Morgan fingerprint density at radius 2 is 2.13 bits per heavy atom. The molecule has 2 heterocycles. The largest absolute Gasteiger partial charge is 0.312 e. The average Bonchev–Trinajstić information content (AvgIpc) is 2.79. The van der Waals surface area contributed by atoms with Gasteiger partial charge in [0.05, 0.1) is 11.2 Å². The third kappa shape index (κ3) is 3.38. The molecular weight excluding hydrogens is 208 g/mol. The summed E-state index contributed by atoms with van der Waals surface area (Å²) in [4.78, 5) is 12.1. The van der Waals surface area contributed by atoms with Crippen LogP contribution in [0.5, 0.6) is 0 Å². The fraction of sp³-hybridized carbons (Fsp3) is 0.300. The maximum absolute atomic E-state index is 4.21. The lowest BCUT2D eigenvalue weighted by atomic mass is 10.3. The second kappa shape index (κ2) is 5.53. The van der Waals surface area contributed by atoms with Crippen molar-refractivity contribution in [1.29, 1.82) is 0 Å². The average molecular weight is 220 g/mol. The van der Waals surface area contributed by atoms with E-state index in [1.807, 2.05) is 17.9 Å². The van der Waals surface area contributed by atoms with Gasteiger partial charge in [0.1, 0.15) is 6.33 Å². The Bertz CT molecular complexity index is 374. The minimum absolute atomic E-state index is 0.810. The van der Waals surface area contributed by atoms with Gasteiger partial charge in [0.15, 0.2) is 0 Å². The highest BCUT2D eigenvalue weighted by Gasteiger charge is 1.95. The molecule has 2 aromatic rings. The number of thiazole rings is 1. The molecule has 0 aliphatic heterocycles. The van der Waals surface area contributed by atoms with Crippen molar-refractivity contribution in [2.45, 2.75) is 13.0 Å². The predicted octanol–water partition coefficient (Wildman–Crippen LogP) is 1.27. The molecule has 2 rings (SSSR count). The predicted molar refractivity (Wildman–Crippen MR) is 59.6 cm³/mol. The Morgan fingerprint density at radius 3 is 2.87 bits per heavy atom. The summed E-state index contributed by atoms with van der Waals surface area (Å²) >= 11 is 1.64. The second-order valence-electron chi connectivity index (χ2n) is 3.15. The summed E-state index contributed by atoms with van der Waals surface area (Å²) in [6, 6.07) is 0. The van der Waals surface area contributed by atoms with Crippen molar-refractivity contribution in [3.05, 3.63) is 40.9 Å². The van der Waals surface area contributed by atoms with Crippen molar-refractivity contribution in [2.24, 2.45) is 0 Å². The van der Waals surface area contributed by atoms with E-state index in [1.165, 1.54) is 0 Å². The Morgan fingerprint density at radius 1 is 1.27 bits per heavy atom. The lowest BCUT2D eigenvalue weighted by Gasteiger charge is -2.02. The fourth-order valence-corrected chi connectivity index (χ4v) is 1.82. The second-order valence-corrected chi connectivity index (χ2v) is 3.87. The van der Waals surface area contributed by atoms with Gasteiger partial charge in [-0.25, -0.2) is 15.0 Å². The molecule has 0 saturated heterocycles. The minimum Gasteiger partial charge on any atom is -0.312 e. The third-order valence-electron chi connectivity index (χ3n) is 1.98. The van der Waals surface area contributed by atoms with Gasteiger partial charge in [-0.15, -0.1) is 11.3 Å². The van der Waals surface area contributed by atoms with Crippen molar-refractivity contribution >= 4 is 11.3 Å². The highest BCUT2D eigenvalue weighted by atomic mass is 32.1. The Hall–Kier alpha value is -1.33. The molecule has 0 aliphatic rings. The van der Waals surface area contributed by atoms with Crippen LogP contribution in [0.1, 0.15) is 11.3 Å². The molecule has 0 bridgehead atoms. The van der Waals surface area contributed by atoms with Gasteiger partial charge in [0.25, 0.3) is 0 Å². The highest BCUT2D eigenvalue weighted by molar-refractivity contribution is 7.07. The quantitative estimate of drug-likeness (QED) is 0.771. The van der Waals surface area contributed by atoms with E-state index >= 15 is 0 Å². The van der Waals surface area contributed by atoms with Gasteiger partial charge in [-0.3, -0.25) is 0 Å². The molecule has 0 fully saturated rings. The van der Waals surface area contributed by atoms with E-state index in [9.17, 15) is 0 Å². The first-order valence-corrected chi connectivity index (χ1v) is 5.71. The van der Waals surface area contributed by atoms with Crippen LogP contribution in [-0.4, -0.2) is 21.5 Å².